The van der Waals surface area contributed by atoms with Crippen LogP contribution in [0.2, 0.25) is 0 Å². The maximum absolute atomic E-state index is 12.2. The van der Waals surface area contributed by atoms with E-state index in [1.54, 1.807) is 29.2 Å². The molecule has 142 valence electrons. The number of hydrogen-bond donors (Lipinski definition) is 0. The average molecular weight is 367 g/mol. The van der Waals surface area contributed by atoms with Gasteiger partial charge in [-0.15, -0.1) is 0 Å². The quantitative estimate of drug-likeness (QED) is 0.792. The molecule has 0 aliphatic carbocycles. The lowest BCUT2D eigenvalue weighted by Gasteiger charge is -2.42. The maximum atomic E-state index is 12.2. The Morgan fingerprint density at radius 1 is 1.00 bits per heavy atom. The Kier molecular flexibility index (Phi) is 5.03. The zero-order chi connectivity index (χ0) is 18.8. The molecule has 1 unspecified atom stereocenters. The highest BCUT2D eigenvalue weighted by molar-refractivity contribution is 5.76. The number of nitrogens with zero attached hydrogens (tertiary/aromatic N) is 5. The van der Waals surface area contributed by atoms with Gasteiger partial charge in [0.15, 0.2) is 0 Å². The van der Waals surface area contributed by atoms with Gasteiger partial charge in [-0.3, -0.25) is 14.6 Å². The van der Waals surface area contributed by atoms with E-state index in [1.165, 1.54) is 0 Å². The lowest BCUT2D eigenvalue weighted by Crippen LogP contribution is -2.52. The van der Waals surface area contributed by atoms with Crippen molar-refractivity contribution in [2.75, 3.05) is 33.2 Å². The minimum atomic E-state index is -0.0568. The highest BCUT2D eigenvalue weighted by atomic mass is 16.2. The van der Waals surface area contributed by atoms with E-state index >= 15 is 0 Å². The molecule has 4 rings (SSSR count). The van der Waals surface area contributed by atoms with Crippen molar-refractivity contribution < 1.29 is 4.79 Å². The molecule has 2 aromatic rings. The van der Waals surface area contributed by atoms with Gasteiger partial charge in [0.1, 0.15) is 0 Å². The molecular formula is C20H25N5O2. The number of aromatic nitrogens is 3. The minimum Gasteiger partial charge on any atom is -0.345 e. The Morgan fingerprint density at radius 3 is 2.52 bits per heavy atom. The van der Waals surface area contributed by atoms with Crippen LogP contribution in [0.25, 0.3) is 11.3 Å². The molecule has 4 heterocycles. The molecule has 2 aromatic heterocycles. The smallest absolute Gasteiger partial charge is 0.266 e. The van der Waals surface area contributed by atoms with Crippen LogP contribution in [-0.2, 0) is 11.3 Å². The molecule has 0 saturated carbocycles. The fraction of sp³-hybridized carbons (Fsp3) is 0.500. The van der Waals surface area contributed by atoms with Crippen LogP contribution in [0.15, 0.2) is 41.5 Å². The third-order valence-corrected chi connectivity index (χ3v) is 5.55. The highest BCUT2D eigenvalue weighted by Crippen LogP contribution is 2.23. The van der Waals surface area contributed by atoms with Gasteiger partial charge in [0.05, 0.1) is 12.2 Å². The number of hydrogen-bond acceptors (Lipinski definition) is 5. The third kappa shape index (κ3) is 4.08. The molecule has 1 amide bonds. The van der Waals surface area contributed by atoms with Gasteiger partial charge in [-0.2, -0.15) is 5.10 Å². The van der Waals surface area contributed by atoms with Crippen molar-refractivity contribution in [2.45, 2.75) is 19.4 Å². The summed E-state index contributed by atoms with van der Waals surface area (Å²) in [4.78, 5) is 32.1. The standard InChI is InChI=1S/C20H25N5O2/c1-23-10-15(2-4-19(23)26)11-24-12-16(13-24)14-25-20(27)5-3-18(22-25)17-6-8-21-9-7-17/h3,5-9,15-16H,2,4,10-14H2,1H3. The molecule has 7 heteroatoms. The molecule has 7 nitrogen and oxygen atoms in total. The Bertz CT molecular complexity index is 860. The predicted molar refractivity (Wildman–Crippen MR) is 102 cm³/mol. The molecule has 2 fully saturated rings. The first-order valence-corrected chi connectivity index (χ1v) is 9.53. The molecule has 2 aliphatic rings. The number of likely N-dealkylation sites (tertiary alicyclic amines) is 2. The zero-order valence-electron chi connectivity index (χ0n) is 15.6. The molecular weight excluding hydrogens is 342 g/mol. The number of carbonyl (C=O) groups is 1. The summed E-state index contributed by atoms with van der Waals surface area (Å²) < 4.78 is 1.59. The monoisotopic (exact) mass is 367 g/mol. The van der Waals surface area contributed by atoms with Gasteiger partial charge in [-0.1, -0.05) is 0 Å². The van der Waals surface area contributed by atoms with E-state index in [4.69, 9.17) is 0 Å². The zero-order valence-corrected chi connectivity index (χ0v) is 15.6. The summed E-state index contributed by atoms with van der Waals surface area (Å²) in [5, 5.41) is 4.54. The Morgan fingerprint density at radius 2 is 1.78 bits per heavy atom. The topological polar surface area (TPSA) is 71.3 Å². The summed E-state index contributed by atoms with van der Waals surface area (Å²) in [5.74, 6) is 1.27. The second-order valence-electron chi connectivity index (χ2n) is 7.74. The van der Waals surface area contributed by atoms with Gasteiger partial charge in [0.25, 0.3) is 5.56 Å². The van der Waals surface area contributed by atoms with Crippen molar-refractivity contribution >= 4 is 5.91 Å². The van der Waals surface area contributed by atoms with Crippen molar-refractivity contribution in [3.8, 4) is 11.3 Å². The van der Waals surface area contributed by atoms with Crippen LogP contribution >= 0.6 is 0 Å². The molecule has 0 N–H and O–H groups in total. The van der Waals surface area contributed by atoms with Crippen LogP contribution in [0.3, 0.4) is 0 Å². The number of amides is 1. The first-order chi connectivity index (χ1) is 13.1. The third-order valence-electron chi connectivity index (χ3n) is 5.55. The first-order valence-electron chi connectivity index (χ1n) is 9.53. The van der Waals surface area contributed by atoms with Crippen molar-refractivity contribution in [3.63, 3.8) is 0 Å². The second kappa shape index (κ2) is 7.60. The fourth-order valence-electron chi connectivity index (χ4n) is 4.06. The summed E-state index contributed by atoms with van der Waals surface area (Å²) in [6.45, 7) is 4.52. The van der Waals surface area contributed by atoms with Gasteiger partial charge in [-0.05, 0) is 30.5 Å². The summed E-state index contributed by atoms with van der Waals surface area (Å²) >= 11 is 0. The van der Waals surface area contributed by atoms with E-state index < -0.39 is 0 Å². The van der Waals surface area contributed by atoms with Gasteiger partial charge in [0, 0.05) is 69.6 Å². The summed E-state index contributed by atoms with van der Waals surface area (Å²) in [6.07, 6.45) is 5.11. The van der Waals surface area contributed by atoms with Crippen LogP contribution in [0.5, 0.6) is 0 Å². The second-order valence-corrected chi connectivity index (χ2v) is 7.74. The minimum absolute atomic E-state index is 0.0568. The summed E-state index contributed by atoms with van der Waals surface area (Å²) in [5.41, 5.74) is 1.70. The normalized spacial score (nSPS) is 21.3. The van der Waals surface area contributed by atoms with E-state index in [-0.39, 0.29) is 11.5 Å². The Hall–Kier alpha value is -2.54. The number of rotatable bonds is 5. The molecule has 0 spiro atoms. The van der Waals surface area contributed by atoms with Crippen molar-refractivity contribution in [3.05, 3.63) is 47.0 Å². The van der Waals surface area contributed by atoms with Crippen molar-refractivity contribution in [1.29, 1.82) is 0 Å². The molecule has 2 aliphatic heterocycles. The fourth-order valence-corrected chi connectivity index (χ4v) is 4.06. The Balaban J connectivity index is 1.32. The van der Waals surface area contributed by atoms with Gasteiger partial charge in [-0.25, -0.2) is 4.68 Å². The van der Waals surface area contributed by atoms with Crippen LogP contribution in [0.4, 0.5) is 0 Å². The van der Waals surface area contributed by atoms with Crippen molar-refractivity contribution in [1.82, 2.24) is 24.6 Å². The van der Waals surface area contributed by atoms with Crippen LogP contribution < -0.4 is 5.56 Å². The molecule has 27 heavy (non-hydrogen) atoms. The number of carbonyl (C=O) groups excluding carboxylic acids is 1. The lowest BCUT2D eigenvalue weighted by molar-refractivity contribution is -0.133. The van der Waals surface area contributed by atoms with E-state index in [1.807, 2.05) is 24.1 Å². The van der Waals surface area contributed by atoms with E-state index in [9.17, 15) is 9.59 Å². The summed E-state index contributed by atoms with van der Waals surface area (Å²) in [6, 6.07) is 7.15. The SMILES string of the molecule is CN1CC(CN2CC(Cn3nc(-c4ccncc4)ccc3=O)C2)CCC1=O. The highest BCUT2D eigenvalue weighted by Gasteiger charge is 2.31. The molecule has 0 aromatic carbocycles. The van der Waals surface area contributed by atoms with E-state index in [0.29, 0.717) is 24.8 Å². The van der Waals surface area contributed by atoms with Gasteiger partial charge >= 0.3 is 0 Å². The van der Waals surface area contributed by atoms with E-state index in [2.05, 4.69) is 15.0 Å². The molecule has 1 atom stereocenters. The average Bonchev–Trinajstić information content (AvgIpc) is 2.65. The molecule has 0 bridgehead atoms. The van der Waals surface area contributed by atoms with Gasteiger partial charge in [0.2, 0.25) is 5.91 Å². The van der Waals surface area contributed by atoms with Crippen LogP contribution in [-0.4, -0.2) is 63.7 Å². The number of piperidine rings is 1. The van der Waals surface area contributed by atoms with Crippen LogP contribution in [0, 0.1) is 11.8 Å². The number of pyridine rings is 1. The van der Waals surface area contributed by atoms with Crippen molar-refractivity contribution in [2.24, 2.45) is 11.8 Å². The summed E-state index contributed by atoms with van der Waals surface area (Å²) in [7, 11) is 1.89. The maximum Gasteiger partial charge on any atom is 0.266 e. The first kappa shape index (κ1) is 17.9. The van der Waals surface area contributed by atoms with E-state index in [0.717, 1.165) is 43.9 Å². The molecule has 2 saturated heterocycles. The van der Waals surface area contributed by atoms with Gasteiger partial charge < -0.3 is 9.80 Å². The molecule has 0 radical (unpaired) electrons. The van der Waals surface area contributed by atoms with Crippen LogP contribution in [0.1, 0.15) is 12.8 Å². The Labute approximate surface area is 158 Å². The lowest BCUT2D eigenvalue weighted by atomic mass is 9.93. The predicted octanol–water partition coefficient (Wildman–Crippen LogP) is 1.11. The largest absolute Gasteiger partial charge is 0.345 e.